The van der Waals surface area contributed by atoms with Crippen molar-refractivity contribution in [1.82, 2.24) is 5.32 Å². The number of benzene rings is 1. The monoisotopic (exact) mass is 210 g/mol. The number of hydrogen-bond donors (Lipinski definition) is 1. The minimum absolute atomic E-state index is 0.563. The molecular formula is C11H15ClN2. The van der Waals surface area contributed by atoms with E-state index in [2.05, 4.69) is 29.4 Å². The molecule has 1 aliphatic rings. The predicted molar refractivity (Wildman–Crippen MR) is 61.3 cm³/mol. The molecule has 3 heteroatoms. The van der Waals surface area contributed by atoms with Crippen molar-refractivity contribution < 1.29 is 0 Å². The molecule has 14 heavy (non-hydrogen) atoms. The standard InChI is InChI=1S/C11H15ClN2/c1-13-7-10-6-8-5-9(12)3-4-11(8)14(10)2/h3-5,10,13H,6-7H2,1-2H3. The fraction of sp³-hybridized carbons (Fsp3) is 0.455. The Labute approximate surface area is 89.9 Å². The van der Waals surface area contributed by atoms with Crippen LogP contribution in [-0.4, -0.2) is 26.7 Å². The summed E-state index contributed by atoms with van der Waals surface area (Å²) < 4.78 is 0. The first-order valence-electron chi connectivity index (χ1n) is 4.88. The number of anilines is 1. The number of nitrogens with one attached hydrogen (secondary N) is 1. The molecule has 1 heterocycles. The lowest BCUT2D eigenvalue weighted by Gasteiger charge is -2.22. The quantitative estimate of drug-likeness (QED) is 0.803. The maximum Gasteiger partial charge on any atom is 0.0452 e. The van der Waals surface area contributed by atoms with Gasteiger partial charge in [0.15, 0.2) is 0 Å². The van der Waals surface area contributed by atoms with Gasteiger partial charge < -0.3 is 10.2 Å². The SMILES string of the molecule is CNCC1Cc2cc(Cl)ccc2N1C. The van der Waals surface area contributed by atoms with Crippen LogP contribution in [0.1, 0.15) is 5.56 Å². The van der Waals surface area contributed by atoms with Crippen molar-refractivity contribution in [3.8, 4) is 0 Å². The van der Waals surface area contributed by atoms with E-state index in [0.717, 1.165) is 18.0 Å². The van der Waals surface area contributed by atoms with Crippen molar-refractivity contribution in [2.75, 3.05) is 25.5 Å². The highest BCUT2D eigenvalue weighted by atomic mass is 35.5. The molecule has 1 aromatic rings. The van der Waals surface area contributed by atoms with Crippen LogP contribution in [0, 0.1) is 0 Å². The third-order valence-electron chi connectivity index (χ3n) is 2.86. The summed E-state index contributed by atoms with van der Waals surface area (Å²) in [6.07, 6.45) is 1.09. The fourth-order valence-corrected chi connectivity index (χ4v) is 2.29. The summed E-state index contributed by atoms with van der Waals surface area (Å²) in [5.74, 6) is 0. The molecule has 2 rings (SSSR count). The molecule has 0 aliphatic carbocycles. The Hall–Kier alpha value is -0.730. The summed E-state index contributed by atoms with van der Waals surface area (Å²) in [6, 6.07) is 6.70. The van der Waals surface area contributed by atoms with E-state index in [9.17, 15) is 0 Å². The number of hydrogen-bond acceptors (Lipinski definition) is 2. The van der Waals surface area contributed by atoms with Gasteiger partial charge in [-0.2, -0.15) is 0 Å². The van der Waals surface area contributed by atoms with Gasteiger partial charge in [0.1, 0.15) is 0 Å². The van der Waals surface area contributed by atoms with Crippen LogP contribution in [0.2, 0.25) is 5.02 Å². The summed E-state index contributed by atoms with van der Waals surface area (Å²) in [7, 11) is 4.13. The van der Waals surface area contributed by atoms with Gasteiger partial charge >= 0.3 is 0 Å². The number of halogens is 1. The Kier molecular flexibility index (Phi) is 2.66. The van der Waals surface area contributed by atoms with Gasteiger partial charge in [0.2, 0.25) is 0 Å². The summed E-state index contributed by atoms with van der Waals surface area (Å²) in [5, 5.41) is 4.05. The van der Waals surface area contributed by atoms with Crippen LogP contribution >= 0.6 is 11.6 Å². The van der Waals surface area contributed by atoms with Crippen LogP contribution < -0.4 is 10.2 Å². The number of fused-ring (bicyclic) bond motifs is 1. The van der Waals surface area contributed by atoms with Crippen molar-refractivity contribution in [3.05, 3.63) is 28.8 Å². The Morgan fingerprint density at radius 3 is 3.07 bits per heavy atom. The lowest BCUT2D eigenvalue weighted by Crippen LogP contribution is -2.36. The van der Waals surface area contributed by atoms with Crippen LogP contribution in [0.25, 0.3) is 0 Å². The first-order valence-corrected chi connectivity index (χ1v) is 5.26. The van der Waals surface area contributed by atoms with Gasteiger partial charge in [-0.05, 0) is 37.2 Å². The first kappa shape index (κ1) is 9.81. The minimum Gasteiger partial charge on any atom is -0.370 e. The van der Waals surface area contributed by atoms with E-state index in [0.29, 0.717) is 6.04 Å². The van der Waals surface area contributed by atoms with Gasteiger partial charge in [0.05, 0.1) is 0 Å². The molecule has 0 bridgehead atoms. The van der Waals surface area contributed by atoms with Crippen molar-refractivity contribution in [3.63, 3.8) is 0 Å². The normalized spacial score (nSPS) is 19.9. The van der Waals surface area contributed by atoms with Gasteiger partial charge in [0.25, 0.3) is 0 Å². The lowest BCUT2D eigenvalue weighted by atomic mass is 10.1. The third kappa shape index (κ3) is 1.60. The fourth-order valence-electron chi connectivity index (χ4n) is 2.09. The minimum atomic E-state index is 0.563. The number of likely N-dealkylation sites (N-methyl/N-ethyl adjacent to an activating group) is 2. The third-order valence-corrected chi connectivity index (χ3v) is 3.10. The molecule has 76 valence electrons. The molecule has 1 aliphatic heterocycles. The Bertz CT molecular complexity index is 338. The molecule has 1 unspecified atom stereocenters. The van der Waals surface area contributed by atoms with E-state index in [1.54, 1.807) is 0 Å². The van der Waals surface area contributed by atoms with E-state index < -0.39 is 0 Å². The van der Waals surface area contributed by atoms with Gasteiger partial charge in [-0.15, -0.1) is 0 Å². The largest absolute Gasteiger partial charge is 0.370 e. The highest BCUT2D eigenvalue weighted by Crippen LogP contribution is 2.32. The van der Waals surface area contributed by atoms with Gasteiger partial charge in [-0.3, -0.25) is 0 Å². The maximum atomic E-state index is 5.96. The van der Waals surface area contributed by atoms with Crippen molar-refractivity contribution in [1.29, 1.82) is 0 Å². The molecule has 1 N–H and O–H groups in total. The van der Waals surface area contributed by atoms with Crippen LogP contribution in [0.4, 0.5) is 5.69 Å². The van der Waals surface area contributed by atoms with E-state index in [4.69, 9.17) is 11.6 Å². The smallest absolute Gasteiger partial charge is 0.0452 e. The van der Waals surface area contributed by atoms with Gasteiger partial charge in [-0.1, -0.05) is 11.6 Å². The Balaban J connectivity index is 2.26. The lowest BCUT2D eigenvalue weighted by molar-refractivity contribution is 0.614. The Morgan fingerprint density at radius 1 is 1.57 bits per heavy atom. The van der Waals surface area contributed by atoms with Crippen LogP contribution in [0.5, 0.6) is 0 Å². The second-order valence-electron chi connectivity index (χ2n) is 3.80. The molecule has 1 atom stereocenters. The molecule has 0 radical (unpaired) electrons. The highest BCUT2D eigenvalue weighted by Gasteiger charge is 2.25. The average Bonchev–Trinajstić information content (AvgIpc) is 2.44. The van der Waals surface area contributed by atoms with Crippen LogP contribution in [-0.2, 0) is 6.42 Å². The zero-order valence-corrected chi connectivity index (χ0v) is 9.30. The Morgan fingerprint density at radius 2 is 2.36 bits per heavy atom. The molecule has 0 aromatic heterocycles. The molecule has 2 nitrogen and oxygen atoms in total. The average molecular weight is 211 g/mol. The van der Waals surface area contributed by atoms with Gasteiger partial charge in [0, 0.05) is 30.3 Å². The zero-order chi connectivity index (χ0) is 10.1. The first-order chi connectivity index (χ1) is 6.72. The molecule has 0 saturated carbocycles. The summed E-state index contributed by atoms with van der Waals surface area (Å²) in [6.45, 7) is 1.02. The van der Waals surface area contributed by atoms with Crippen molar-refractivity contribution in [2.45, 2.75) is 12.5 Å². The molecule has 1 aromatic carbocycles. The zero-order valence-electron chi connectivity index (χ0n) is 8.55. The van der Waals surface area contributed by atoms with Crippen molar-refractivity contribution >= 4 is 17.3 Å². The van der Waals surface area contributed by atoms with Crippen LogP contribution in [0.15, 0.2) is 18.2 Å². The number of rotatable bonds is 2. The van der Waals surface area contributed by atoms with Crippen LogP contribution in [0.3, 0.4) is 0 Å². The molecule has 0 spiro atoms. The van der Waals surface area contributed by atoms with E-state index in [-0.39, 0.29) is 0 Å². The topological polar surface area (TPSA) is 15.3 Å². The van der Waals surface area contributed by atoms with Crippen molar-refractivity contribution in [2.24, 2.45) is 0 Å². The highest BCUT2D eigenvalue weighted by molar-refractivity contribution is 6.30. The van der Waals surface area contributed by atoms with E-state index in [1.807, 2.05) is 13.1 Å². The number of nitrogens with zero attached hydrogens (tertiary/aromatic N) is 1. The molecular weight excluding hydrogens is 196 g/mol. The van der Waals surface area contributed by atoms with Gasteiger partial charge in [-0.25, -0.2) is 0 Å². The van der Waals surface area contributed by atoms with E-state index in [1.165, 1.54) is 11.3 Å². The molecule has 0 saturated heterocycles. The maximum absolute atomic E-state index is 5.96. The summed E-state index contributed by atoms with van der Waals surface area (Å²) in [4.78, 5) is 2.32. The van der Waals surface area contributed by atoms with E-state index >= 15 is 0 Å². The molecule has 0 fully saturated rings. The second kappa shape index (κ2) is 3.79. The predicted octanol–water partition coefficient (Wildman–Crippen LogP) is 1.92. The summed E-state index contributed by atoms with van der Waals surface area (Å²) >= 11 is 5.96. The molecule has 0 amide bonds. The summed E-state index contributed by atoms with van der Waals surface area (Å²) in [5.41, 5.74) is 2.68. The second-order valence-corrected chi connectivity index (χ2v) is 4.24.